The van der Waals surface area contributed by atoms with E-state index in [1.807, 2.05) is 0 Å². The molecule has 17 heavy (non-hydrogen) atoms. The summed E-state index contributed by atoms with van der Waals surface area (Å²) < 4.78 is 38.0. The summed E-state index contributed by atoms with van der Waals surface area (Å²) in [5, 5.41) is 3.26. The van der Waals surface area contributed by atoms with E-state index in [0.717, 1.165) is 45.6 Å². The van der Waals surface area contributed by atoms with Crippen LogP contribution < -0.4 is 5.32 Å². The van der Waals surface area contributed by atoms with E-state index in [1.165, 1.54) is 0 Å². The van der Waals surface area contributed by atoms with Crippen LogP contribution >= 0.6 is 0 Å². The predicted octanol–water partition coefficient (Wildman–Crippen LogP) is 2.26. The van der Waals surface area contributed by atoms with Crippen LogP contribution in [0.2, 0.25) is 0 Å². The van der Waals surface area contributed by atoms with Crippen molar-refractivity contribution in [1.29, 1.82) is 0 Å². The molecule has 2 fully saturated rings. The molecule has 2 rings (SSSR count). The Morgan fingerprint density at radius 1 is 1.12 bits per heavy atom. The van der Waals surface area contributed by atoms with Crippen molar-refractivity contribution in [3.8, 4) is 0 Å². The third-order valence-corrected chi connectivity index (χ3v) is 3.97. The van der Waals surface area contributed by atoms with Crippen molar-refractivity contribution in [3.05, 3.63) is 0 Å². The van der Waals surface area contributed by atoms with E-state index in [1.54, 1.807) is 0 Å². The quantitative estimate of drug-likeness (QED) is 0.808. The molecule has 0 bridgehead atoms. The minimum Gasteiger partial charge on any atom is -0.314 e. The minimum absolute atomic E-state index is 0.244. The third kappa shape index (κ3) is 3.85. The van der Waals surface area contributed by atoms with Crippen LogP contribution in [0.5, 0.6) is 0 Å². The Balaban J connectivity index is 1.80. The van der Waals surface area contributed by atoms with E-state index in [2.05, 4.69) is 10.2 Å². The summed E-state index contributed by atoms with van der Waals surface area (Å²) in [4.78, 5) is 2.31. The second-order valence-electron chi connectivity index (χ2n) is 5.32. The van der Waals surface area contributed by atoms with Crippen LogP contribution in [0, 0.1) is 11.8 Å². The highest BCUT2D eigenvalue weighted by Crippen LogP contribution is 2.40. The first-order valence-corrected chi connectivity index (χ1v) is 6.55. The first kappa shape index (κ1) is 13.1. The van der Waals surface area contributed by atoms with Crippen molar-refractivity contribution in [1.82, 2.24) is 10.2 Å². The van der Waals surface area contributed by atoms with Gasteiger partial charge < -0.3 is 10.2 Å². The number of rotatable bonds is 2. The number of piperazine rings is 1. The van der Waals surface area contributed by atoms with Crippen molar-refractivity contribution in [2.24, 2.45) is 11.8 Å². The normalized spacial score (nSPS) is 32.6. The topological polar surface area (TPSA) is 15.3 Å². The number of nitrogens with one attached hydrogen (secondary N) is 1. The van der Waals surface area contributed by atoms with Crippen molar-refractivity contribution in [2.75, 3.05) is 32.7 Å². The average molecular weight is 250 g/mol. The van der Waals surface area contributed by atoms with Crippen LogP contribution in [-0.4, -0.2) is 43.8 Å². The van der Waals surface area contributed by atoms with Crippen molar-refractivity contribution in [3.63, 3.8) is 0 Å². The van der Waals surface area contributed by atoms with Crippen molar-refractivity contribution < 1.29 is 13.2 Å². The zero-order chi connectivity index (χ0) is 12.3. The molecule has 2 unspecified atom stereocenters. The summed E-state index contributed by atoms with van der Waals surface area (Å²) in [6.07, 6.45) is -1.60. The number of halogens is 3. The summed E-state index contributed by atoms with van der Waals surface area (Å²) in [5.74, 6) is -0.808. The lowest BCUT2D eigenvalue weighted by atomic mass is 9.80. The molecule has 2 atom stereocenters. The first-order valence-electron chi connectivity index (χ1n) is 6.55. The fourth-order valence-electron chi connectivity index (χ4n) is 3.01. The van der Waals surface area contributed by atoms with Gasteiger partial charge in [-0.15, -0.1) is 0 Å². The number of hydrogen-bond acceptors (Lipinski definition) is 2. The molecule has 0 amide bonds. The lowest BCUT2D eigenvalue weighted by molar-refractivity contribution is -0.186. The summed E-state index contributed by atoms with van der Waals surface area (Å²) in [7, 11) is 0. The molecular weight excluding hydrogens is 229 g/mol. The highest BCUT2D eigenvalue weighted by molar-refractivity contribution is 4.80. The van der Waals surface area contributed by atoms with Crippen LogP contribution in [0.3, 0.4) is 0 Å². The molecule has 1 saturated carbocycles. The second kappa shape index (κ2) is 5.57. The molecular formula is C12H21F3N2. The van der Waals surface area contributed by atoms with E-state index in [4.69, 9.17) is 0 Å². The Morgan fingerprint density at radius 3 is 2.47 bits per heavy atom. The monoisotopic (exact) mass is 250 g/mol. The van der Waals surface area contributed by atoms with Crippen LogP contribution in [0.25, 0.3) is 0 Å². The van der Waals surface area contributed by atoms with Gasteiger partial charge in [0.15, 0.2) is 0 Å². The van der Waals surface area contributed by atoms with E-state index in [9.17, 15) is 13.2 Å². The van der Waals surface area contributed by atoms with E-state index < -0.39 is 12.1 Å². The Morgan fingerprint density at radius 2 is 1.82 bits per heavy atom. The predicted molar refractivity (Wildman–Crippen MR) is 60.8 cm³/mol. The number of alkyl halides is 3. The molecule has 0 aromatic heterocycles. The maximum absolute atomic E-state index is 12.7. The second-order valence-corrected chi connectivity index (χ2v) is 5.32. The van der Waals surface area contributed by atoms with Gasteiger partial charge in [0, 0.05) is 32.7 Å². The molecule has 100 valence electrons. The Kier molecular flexibility index (Phi) is 4.31. The third-order valence-electron chi connectivity index (χ3n) is 3.97. The molecule has 2 aliphatic rings. The first-order chi connectivity index (χ1) is 8.05. The molecule has 1 aliphatic heterocycles. The molecule has 0 aromatic rings. The molecule has 0 radical (unpaired) electrons. The van der Waals surface area contributed by atoms with Crippen LogP contribution in [0.1, 0.15) is 25.7 Å². The summed E-state index contributed by atoms with van der Waals surface area (Å²) in [6, 6.07) is 0. The van der Waals surface area contributed by atoms with E-state index >= 15 is 0 Å². The van der Waals surface area contributed by atoms with Gasteiger partial charge in [-0.2, -0.15) is 13.2 Å². The van der Waals surface area contributed by atoms with Gasteiger partial charge in [0.25, 0.3) is 0 Å². The van der Waals surface area contributed by atoms with Gasteiger partial charge in [-0.1, -0.05) is 6.42 Å². The molecule has 1 saturated heterocycles. The van der Waals surface area contributed by atoms with Gasteiger partial charge in [0.2, 0.25) is 0 Å². The van der Waals surface area contributed by atoms with Crippen LogP contribution in [-0.2, 0) is 0 Å². The summed E-state index contributed by atoms with van der Waals surface area (Å²) >= 11 is 0. The maximum atomic E-state index is 12.7. The summed E-state index contributed by atoms with van der Waals surface area (Å²) in [6.45, 7) is 4.75. The van der Waals surface area contributed by atoms with Crippen LogP contribution in [0.15, 0.2) is 0 Å². The minimum atomic E-state index is -3.98. The van der Waals surface area contributed by atoms with Gasteiger partial charge in [0.05, 0.1) is 5.92 Å². The molecule has 1 heterocycles. The highest BCUT2D eigenvalue weighted by Gasteiger charge is 2.42. The Labute approximate surface area is 101 Å². The van der Waals surface area contributed by atoms with Gasteiger partial charge in [-0.3, -0.25) is 0 Å². The summed E-state index contributed by atoms with van der Waals surface area (Å²) in [5.41, 5.74) is 0. The standard InChI is InChI=1S/C12H21F3N2/c13-12(14,15)11-3-1-2-10(8-11)9-17-6-4-16-5-7-17/h10-11,16H,1-9H2. The van der Waals surface area contributed by atoms with Gasteiger partial charge >= 0.3 is 6.18 Å². The average Bonchev–Trinajstić information content (AvgIpc) is 2.29. The zero-order valence-electron chi connectivity index (χ0n) is 10.1. The zero-order valence-corrected chi connectivity index (χ0v) is 10.1. The van der Waals surface area contributed by atoms with Crippen molar-refractivity contribution in [2.45, 2.75) is 31.9 Å². The molecule has 5 heteroatoms. The van der Waals surface area contributed by atoms with E-state index in [-0.39, 0.29) is 5.92 Å². The lowest BCUT2D eigenvalue weighted by Gasteiger charge is -2.35. The van der Waals surface area contributed by atoms with Gasteiger partial charge in [-0.25, -0.2) is 0 Å². The van der Waals surface area contributed by atoms with Crippen molar-refractivity contribution >= 4 is 0 Å². The highest BCUT2D eigenvalue weighted by atomic mass is 19.4. The molecule has 2 nitrogen and oxygen atoms in total. The lowest BCUT2D eigenvalue weighted by Crippen LogP contribution is -2.46. The largest absolute Gasteiger partial charge is 0.391 e. The molecule has 0 spiro atoms. The Bertz CT molecular complexity index is 236. The Hall–Kier alpha value is -0.290. The maximum Gasteiger partial charge on any atom is 0.391 e. The number of nitrogens with zero attached hydrogens (tertiary/aromatic N) is 1. The fraction of sp³-hybridized carbons (Fsp3) is 1.00. The fourth-order valence-corrected chi connectivity index (χ4v) is 3.01. The molecule has 1 N–H and O–H groups in total. The van der Waals surface area contributed by atoms with E-state index in [0.29, 0.717) is 12.8 Å². The van der Waals surface area contributed by atoms with Gasteiger partial charge in [-0.05, 0) is 25.2 Å². The molecule has 0 aromatic carbocycles. The van der Waals surface area contributed by atoms with Crippen LogP contribution in [0.4, 0.5) is 13.2 Å². The SMILES string of the molecule is FC(F)(F)C1CCCC(CN2CCNCC2)C1. The number of hydrogen-bond donors (Lipinski definition) is 1. The molecule has 1 aliphatic carbocycles. The van der Waals surface area contributed by atoms with Gasteiger partial charge in [0.1, 0.15) is 0 Å². The smallest absolute Gasteiger partial charge is 0.314 e.